The standard InChI is InChI=1S/C16H15NO6/c1-10-6-13(23-16(19)22-2)9-15(18)14(10)8-11-4-3-5-12(7-11)17(20)21/h3-7,9,18H,8H2,1-2H3. The number of aryl methyl sites for hydroxylation is 1. The minimum Gasteiger partial charge on any atom is -0.508 e. The second-order valence-corrected chi connectivity index (χ2v) is 4.90. The fourth-order valence-electron chi connectivity index (χ4n) is 2.18. The normalized spacial score (nSPS) is 10.2. The van der Waals surface area contributed by atoms with Gasteiger partial charge in [-0.25, -0.2) is 4.79 Å². The third-order valence-corrected chi connectivity index (χ3v) is 3.29. The van der Waals surface area contributed by atoms with Crippen molar-refractivity contribution in [1.82, 2.24) is 0 Å². The van der Waals surface area contributed by atoms with Crippen molar-refractivity contribution in [3.8, 4) is 11.5 Å². The number of benzene rings is 2. The maximum atomic E-state index is 11.1. The Hall–Kier alpha value is -3.09. The summed E-state index contributed by atoms with van der Waals surface area (Å²) in [4.78, 5) is 21.4. The molecule has 0 radical (unpaired) electrons. The summed E-state index contributed by atoms with van der Waals surface area (Å²) in [5.74, 6) is 0.102. The Kier molecular flexibility index (Phi) is 4.80. The monoisotopic (exact) mass is 317 g/mol. The number of phenols is 1. The number of rotatable bonds is 4. The Bertz CT molecular complexity index is 733. The average Bonchev–Trinajstić information content (AvgIpc) is 2.51. The number of nitro groups is 1. The highest BCUT2D eigenvalue weighted by molar-refractivity contribution is 5.64. The van der Waals surface area contributed by atoms with Crippen molar-refractivity contribution in [3.63, 3.8) is 0 Å². The summed E-state index contributed by atoms with van der Waals surface area (Å²) in [7, 11) is 1.19. The number of hydrogen-bond donors (Lipinski definition) is 1. The molecule has 0 saturated carbocycles. The molecule has 0 aromatic heterocycles. The van der Waals surface area contributed by atoms with E-state index in [1.165, 1.54) is 25.3 Å². The van der Waals surface area contributed by atoms with Crippen LogP contribution in [0.25, 0.3) is 0 Å². The molecule has 0 amide bonds. The minimum atomic E-state index is -0.879. The Balaban J connectivity index is 2.28. The van der Waals surface area contributed by atoms with E-state index in [9.17, 15) is 20.0 Å². The first-order valence-electron chi connectivity index (χ1n) is 6.72. The van der Waals surface area contributed by atoms with E-state index < -0.39 is 11.1 Å². The van der Waals surface area contributed by atoms with E-state index in [0.29, 0.717) is 23.1 Å². The summed E-state index contributed by atoms with van der Waals surface area (Å²) in [5, 5.41) is 20.9. The number of non-ortho nitro benzene ring substituents is 1. The Morgan fingerprint density at radius 2 is 2.04 bits per heavy atom. The summed E-state index contributed by atoms with van der Waals surface area (Å²) in [5.41, 5.74) is 1.97. The fourth-order valence-corrected chi connectivity index (χ4v) is 2.18. The molecule has 0 spiro atoms. The number of nitrogens with zero attached hydrogens (tertiary/aromatic N) is 1. The molecule has 0 heterocycles. The van der Waals surface area contributed by atoms with Crippen molar-refractivity contribution in [3.05, 3.63) is 63.2 Å². The van der Waals surface area contributed by atoms with Crippen LogP contribution in [0.5, 0.6) is 11.5 Å². The first-order valence-corrected chi connectivity index (χ1v) is 6.72. The zero-order valence-corrected chi connectivity index (χ0v) is 12.6. The minimum absolute atomic E-state index is 0.00899. The van der Waals surface area contributed by atoms with Crippen molar-refractivity contribution in [2.75, 3.05) is 7.11 Å². The highest BCUT2D eigenvalue weighted by atomic mass is 16.7. The van der Waals surface area contributed by atoms with Crippen LogP contribution in [0.2, 0.25) is 0 Å². The molecule has 0 saturated heterocycles. The van der Waals surface area contributed by atoms with Gasteiger partial charge in [-0.15, -0.1) is 0 Å². The van der Waals surface area contributed by atoms with Crippen LogP contribution in [0.15, 0.2) is 36.4 Å². The average molecular weight is 317 g/mol. The van der Waals surface area contributed by atoms with Gasteiger partial charge in [-0.1, -0.05) is 12.1 Å². The fraction of sp³-hybridized carbons (Fsp3) is 0.188. The number of methoxy groups -OCH3 is 1. The summed E-state index contributed by atoms with van der Waals surface area (Å²) in [6, 6.07) is 9.08. The number of hydrogen-bond acceptors (Lipinski definition) is 6. The van der Waals surface area contributed by atoms with E-state index in [1.807, 2.05) is 0 Å². The zero-order chi connectivity index (χ0) is 17.0. The lowest BCUT2D eigenvalue weighted by molar-refractivity contribution is -0.384. The molecule has 0 bridgehead atoms. The van der Waals surface area contributed by atoms with Crippen LogP contribution in [0.1, 0.15) is 16.7 Å². The molecule has 2 aromatic rings. The van der Waals surface area contributed by atoms with Gasteiger partial charge in [-0.05, 0) is 24.1 Å². The van der Waals surface area contributed by atoms with Crippen molar-refractivity contribution < 1.29 is 24.3 Å². The first kappa shape index (κ1) is 16.3. The second-order valence-electron chi connectivity index (χ2n) is 4.90. The molecule has 2 aromatic carbocycles. The Labute approximate surface area is 132 Å². The highest BCUT2D eigenvalue weighted by Gasteiger charge is 2.13. The van der Waals surface area contributed by atoms with Gasteiger partial charge in [0.15, 0.2) is 0 Å². The molecule has 2 rings (SSSR count). The molecule has 0 fully saturated rings. The number of carbonyl (C=O) groups excluding carboxylic acids is 1. The summed E-state index contributed by atoms with van der Waals surface area (Å²) in [6.45, 7) is 1.75. The zero-order valence-electron chi connectivity index (χ0n) is 12.6. The maximum absolute atomic E-state index is 11.1. The van der Waals surface area contributed by atoms with Gasteiger partial charge < -0.3 is 14.6 Å². The third-order valence-electron chi connectivity index (χ3n) is 3.29. The van der Waals surface area contributed by atoms with Crippen LogP contribution >= 0.6 is 0 Å². The first-order chi connectivity index (χ1) is 10.9. The molecule has 0 unspecified atom stereocenters. The van der Waals surface area contributed by atoms with E-state index in [1.54, 1.807) is 25.1 Å². The van der Waals surface area contributed by atoms with Crippen molar-refractivity contribution >= 4 is 11.8 Å². The molecule has 7 nitrogen and oxygen atoms in total. The van der Waals surface area contributed by atoms with E-state index in [4.69, 9.17) is 4.74 Å². The van der Waals surface area contributed by atoms with Gasteiger partial charge in [0.25, 0.3) is 5.69 Å². The van der Waals surface area contributed by atoms with Gasteiger partial charge in [0.05, 0.1) is 12.0 Å². The predicted molar refractivity (Wildman–Crippen MR) is 81.8 cm³/mol. The molecule has 0 atom stereocenters. The lowest BCUT2D eigenvalue weighted by atomic mass is 9.99. The lowest BCUT2D eigenvalue weighted by Gasteiger charge is -2.11. The number of ether oxygens (including phenoxy) is 2. The smallest absolute Gasteiger partial charge is 0.508 e. The van der Waals surface area contributed by atoms with Gasteiger partial charge in [0, 0.05) is 30.2 Å². The summed E-state index contributed by atoms with van der Waals surface area (Å²) in [6.07, 6.45) is -0.562. The molecule has 23 heavy (non-hydrogen) atoms. The largest absolute Gasteiger partial charge is 0.513 e. The van der Waals surface area contributed by atoms with Gasteiger partial charge in [-0.2, -0.15) is 0 Å². The third kappa shape index (κ3) is 3.97. The topological polar surface area (TPSA) is 98.9 Å². The molecule has 0 aliphatic heterocycles. The second kappa shape index (κ2) is 6.78. The molecule has 120 valence electrons. The van der Waals surface area contributed by atoms with Crippen LogP contribution in [0.4, 0.5) is 10.5 Å². The molecule has 0 aliphatic carbocycles. The van der Waals surface area contributed by atoms with E-state index in [0.717, 1.165) is 0 Å². The molecule has 7 heteroatoms. The molecular weight excluding hydrogens is 302 g/mol. The number of phenolic OH excluding ortho intramolecular Hbond substituents is 1. The lowest BCUT2D eigenvalue weighted by Crippen LogP contribution is -2.07. The van der Waals surface area contributed by atoms with E-state index in [2.05, 4.69) is 4.74 Å². The Morgan fingerprint density at radius 3 is 2.65 bits per heavy atom. The van der Waals surface area contributed by atoms with Crippen LogP contribution in [-0.4, -0.2) is 23.3 Å². The van der Waals surface area contributed by atoms with Gasteiger partial charge in [-0.3, -0.25) is 10.1 Å². The van der Waals surface area contributed by atoms with E-state index in [-0.39, 0.29) is 17.2 Å². The van der Waals surface area contributed by atoms with Crippen molar-refractivity contribution in [2.24, 2.45) is 0 Å². The molecule has 0 aliphatic rings. The van der Waals surface area contributed by atoms with Gasteiger partial charge in [0.1, 0.15) is 11.5 Å². The number of nitro benzene ring substituents is 1. The van der Waals surface area contributed by atoms with Crippen molar-refractivity contribution in [1.29, 1.82) is 0 Å². The summed E-state index contributed by atoms with van der Waals surface area (Å²) < 4.78 is 9.26. The Morgan fingerprint density at radius 1 is 1.30 bits per heavy atom. The highest BCUT2D eigenvalue weighted by Crippen LogP contribution is 2.30. The van der Waals surface area contributed by atoms with Gasteiger partial charge in [0.2, 0.25) is 0 Å². The quantitative estimate of drug-likeness (QED) is 0.402. The van der Waals surface area contributed by atoms with Crippen molar-refractivity contribution in [2.45, 2.75) is 13.3 Å². The number of carbonyl (C=O) groups is 1. The van der Waals surface area contributed by atoms with Crippen LogP contribution < -0.4 is 4.74 Å². The predicted octanol–water partition coefficient (Wildman–Crippen LogP) is 3.34. The molecular formula is C16H15NO6. The summed E-state index contributed by atoms with van der Waals surface area (Å²) >= 11 is 0. The van der Waals surface area contributed by atoms with Crippen LogP contribution in [0.3, 0.4) is 0 Å². The van der Waals surface area contributed by atoms with Crippen LogP contribution in [-0.2, 0) is 11.2 Å². The molecule has 1 N–H and O–H groups in total. The van der Waals surface area contributed by atoms with Crippen LogP contribution in [0, 0.1) is 17.0 Å². The maximum Gasteiger partial charge on any atom is 0.513 e. The van der Waals surface area contributed by atoms with E-state index >= 15 is 0 Å². The SMILES string of the molecule is COC(=O)Oc1cc(C)c(Cc2cccc([N+](=O)[O-])c2)c(O)c1. The number of aromatic hydroxyl groups is 1. The van der Waals surface area contributed by atoms with Gasteiger partial charge >= 0.3 is 6.16 Å².